The molecular formula is C8H9N3O2. The highest BCUT2D eigenvalue weighted by atomic mass is 16.4. The van der Waals surface area contributed by atoms with Crippen LogP contribution in [0.25, 0.3) is 0 Å². The maximum absolute atomic E-state index is 10.7. The third-order valence-electron chi connectivity index (χ3n) is 1.67. The van der Waals surface area contributed by atoms with Crippen LogP contribution in [-0.2, 0) is 0 Å². The summed E-state index contributed by atoms with van der Waals surface area (Å²) in [7, 11) is 0. The Balaban J connectivity index is 3.52. The van der Waals surface area contributed by atoms with Crippen molar-refractivity contribution in [3.8, 4) is 0 Å². The highest BCUT2D eigenvalue weighted by Crippen LogP contribution is 2.21. The number of carboxylic acid groups (broad SMARTS) is 1. The highest BCUT2D eigenvalue weighted by molar-refractivity contribution is 6.05. The van der Waals surface area contributed by atoms with Gasteiger partial charge in [-0.2, -0.15) is 0 Å². The van der Waals surface area contributed by atoms with Crippen molar-refractivity contribution in [1.29, 1.82) is 5.41 Å². The normalized spacial score (nSPS) is 9.54. The summed E-state index contributed by atoms with van der Waals surface area (Å²) < 4.78 is 0. The molecule has 0 aliphatic carbocycles. The summed E-state index contributed by atoms with van der Waals surface area (Å²) >= 11 is 0. The Morgan fingerprint density at radius 1 is 1.38 bits per heavy atom. The fraction of sp³-hybridized carbons (Fsp3) is 0. The standard InChI is InChI=1S/C8H9N3O2/c9-3-4-5(10)1-2-6(11)7(4)8(12)13/h1-3,9H,10-11H2,(H,12,13). The van der Waals surface area contributed by atoms with E-state index in [1.54, 1.807) is 0 Å². The maximum Gasteiger partial charge on any atom is 0.338 e. The molecule has 0 fully saturated rings. The molecule has 68 valence electrons. The average Bonchev–Trinajstić information content (AvgIpc) is 2.07. The second kappa shape index (κ2) is 3.14. The smallest absolute Gasteiger partial charge is 0.338 e. The molecule has 13 heavy (non-hydrogen) atoms. The fourth-order valence-corrected chi connectivity index (χ4v) is 1.05. The number of carbonyl (C=O) groups is 1. The van der Waals surface area contributed by atoms with E-state index >= 15 is 0 Å². The van der Waals surface area contributed by atoms with Gasteiger partial charge in [0.25, 0.3) is 0 Å². The van der Waals surface area contributed by atoms with Gasteiger partial charge in [-0.05, 0) is 12.1 Å². The molecule has 0 unspecified atom stereocenters. The molecule has 0 radical (unpaired) electrons. The van der Waals surface area contributed by atoms with Crippen LogP contribution in [0, 0.1) is 5.41 Å². The molecule has 6 N–H and O–H groups in total. The van der Waals surface area contributed by atoms with Crippen LogP contribution in [0.5, 0.6) is 0 Å². The van der Waals surface area contributed by atoms with Gasteiger partial charge in [0.15, 0.2) is 0 Å². The third kappa shape index (κ3) is 1.44. The summed E-state index contributed by atoms with van der Waals surface area (Å²) in [6.45, 7) is 0. The van der Waals surface area contributed by atoms with Gasteiger partial charge in [0.05, 0.1) is 5.56 Å². The van der Waals surface area contributed by atoms with Crippen LogP contribution in [0.1, 0.15) is 15.9 Å². The number of benzene rings is 1. The number of hydrogen-bond donors (Lipinski definition) is 4. The van der Waals surface area contributed by atoms with Crippen molar-refractivity contribution in [3.05, 3.63) is 23.3 Å². The van der Waals surface area contributed by atoms with Crippen molar-refractivity contribution in [2.45, 2.75) is 0 Å². The van der Waals surface area contributed by atoms with E-state index in [2.05, 4.69) is 0 Å². The number of hydrogen-bond acceptors (Lipinski definition) is 4. The van der Waals surface area contributed by atoms with Crippen molar-refractivity contribution < 1.29 is 9.90 Å². The van der Waals surface area contributed by atoms with Crippen LogP contribution in [0.2, 0.25) is 0 Å². The molecule has 0 atom stereocenters. The van der Waals surface area contributed by atoms with E-state index in [1.807, 2.05) is 0 Å². The maximum atomic E-state index is 10.7. The van der Waals surface area contributed by atoms with Crippen molar-refractivity contribution in [1.82, 2.24) is 0 Å². The number of rotatable bonds is 2. The van der Waals surface area contributed by atoms with Crippen LogP contribution in [0.3, 0.4) is 0 Å². The zero-order chi connectivity index (χ0) is 10.0. The van der Waals surface area contributed by atoms with Gasteiger partial charge < -0.3 is 22.0 Å². The highest BCUT2D eigenvalue weighted by Gasteiger charge is 2.14. The van der Waals surface area contributed by atoms with Crippen molar-refractivity contribution in [2.75, 3.05) is 11.5 Å². The van der Waals surface area contributed by atoms with Gasteiger partial charge in [-0.3, -0.25) is 0 Å². The van der Waals surface area contributed by atoms with Crippen LogP contribution in [-0.4, -0.2) is 17.3 Å². The van der Waals surface area contributed by atoms with Crippen LogP contribution < -0.4 is 11.5 Å². The van der Waals surface area contributed by atoms with Crippen molar-refractivity contribution in [3.63, 3.8) is 0 Å². The predicted molar refractivity (Wildman–Crippen MR) is 50.1 cm³/mol. The summed E-state index contributed by atoms with van der Waals surface area (Å²) in [4.78, 5) is 10.7. The molecule has 0 bridgehead atoms. The summed E-state index contributed by atoms with van der Waals surface area (Å²) in [6, 6.07) is 2.88. The SMILES string of the molecule is N=Cc1c(N)ccc(N)c1C(=O)O. The summed E-state index contributed by atoms with van der Waals surface area (Å²) in [5, 5.41) is 15.8. The second-order valence-electron chi connectivity index (χ2n) is 2.48. The Morgan fingerprint density at radius 2 is 1.92 bits per heavy atom. The summed E-state index contributed by atoms with van der Waals surface area (Å²) in [6.07, 6.45) is 0.884. The minimum atomic E-state index is -1.18. The van der Waals surface area contributed by atoms with E-state index in [9.17, 15) is 4.79 Å². The quantitative estimate of drug-likeness (QED) is 0.392. The molecular weight excluding hydrogens is 170 g/mol. The fourth-order valence-electron chi connectivity index (χ4n) is 1.05. The topological polar surface area (TPSA) is 113 Å². The second-order valence-corrected chi connectivity index (χ2v) is 2.48. The number of aromatic carboxylic acids is 1. The largest absolute Gasteiger partial charge is 0.478 e. The molecule has 0 heterocycles. The Hall–Kier alpha value is -2.04. The minimum Gasteiger partial charge on any atom is -0.478 e. The molecule has 5 nitrogen and oxygen atoms in total. The van der Waals surface area contributed by atoms with E-state index in [1.165, 1.54) is 12.1 Å². The lowest BCUT2D eigenvalue weighted by Gasteiger charge is -2.06. The predicted octanol–water partition coefficient (Wildman–Crippen LogP) is 0.547. The van der Waals surface area contributed by atoms with Crippen LogP contribution in [0.15, 0.2) is 12.1 Å². The molecule has 0 aliphatic rings. The first-order valence-electron chi connectivity index (χ1n) is 3.49. The Morgan fingerprint density at radius 3 is 2.31 bits per heavy atom. The van der Waals surface area contributed by atoms with E-state index in [4.69, 9.17) is 22.0 Å². The first kappa shape index (κ1) is 9.05. The Bertz CT molecular complexity index is 374. The Kier molecular flexibility index (Phi) is 2.19. The number of anilines is 2. The lowest BCUT2D eigenvalue weighted by atomic mass is 10.0. The molecule has 0 saturated heterocycles. The minimum absolute atomic E-state index is 0.111. The molecule has 1 aromatic carbocycles. The van der Waals surface area contributed by atoms with Crippen LogP contribution in [0.4, 0.5) is 11.4 Å². The first-order valence-corrected chi connectivity index (χ1v) is 3.49. The van der Waals surface area contributed by atoms with Gasteiger partial charge in [-0.25, -0.2) is 4.79 Å². The van der Waals surface area contributed by atoms with Gasteiger partial charge in [0.1, 0.15) is 0 Å². The number of nitrogens with two attached hydrogens (primary N) is 2. The monoisotopic (exact) mass is 179 g/mol. The molecule has 0 spiro atoms. The van der Waals surface area contributed by atoms with E-state index in [-0.39, 0.29) is 22.5 Å². The van der Waals surface area contributed by atoms with E-state index in [0.29, 0.717) is 0 Å². The molecule has 0 aromatic heterocycles. The van der Waals surface area contributed by atoms with Gasteiger partial charge in [-0.15, -0.1) is 0 Å². The molecule has 5 heteroatoms. The molecule has 1 aromatic rings. The summed E-state index contributed by atoms with van der Waals surface area (Å²) in [5.74, 6) is -1.18. The number of nitrogens with one attached hydrogen (secondary N) is 1. The van der Waals surface area contributed by atoms with Crippen molar-refractivity contribution >= 4 is 23.6 Å². The first-order chi connectivity index (χ1) is 6.07. The summed E-state index contributed by atoms with van der Waals surface area (Å²) in [5.41, 5.74) is 11.3. The molecule has 0 aliphatic heterocycles. The number of carboxylic acids is 1. The van der Waals surface area contributed by atoms with Gasteiger partial charge >= 0.3 is 5.97 Å². The van der Waals surface area contributed by atoms with E-state index < -0.39 is 5.97 Å². The lowest BCUT2D eigenvalue weighted by Crippen LogP contribution is -2.09. The lowest BCUT2D eigenvalue weighted by molar-refractivity contribution is 0.0698. The van der Waals surface area contributed by atoms with Crippen LogP contribution >= 0.6 is 0 Å². The zero-order valence-electron chi connectivity index (χ0n) is 6.74. The van der Waals surface area contributed by atoms with Crippen molar-refractivity contribution in [2.24, 2.45) is 0 Å². The van der Waals surface area contributed by atoms with Gasteiger partial charge in [0, 0.05) is 23.2 Å². The molecule has 0 amide bonds. The van der Waals surface area contributed by atoms with Gasteiger partial charge in [-0.1, -0.05) is 0 Å². The average molecular weight is 179 g/mol. The Labute approximate surface area is 74.5 Å². The number of nitrogen functional groups attached to an aromatic ring is 2. The van der Waals surface area contributed by atoms with Gasteiger partial charge in [0.2, 0.25) is 0 Å². The molecule has 0 saturated carbocycles. The molecule has 1 rings (SSSR count). The van der Waals surface area contributed by atoms with E-state index in [0.717, 1.165) is 6.21 Å². The zero-order valence-corrected chi connectivity index (χ0v) is 6.74. The third-order valence-corrected chi connectivity index (χ3v) is 1.67.